The normalized spacial score (nSPS) is 10.8. The minimum atomic E-state index is -0.720. The van der Waals surface area contributed by atoms with Gasteiger partial charge >= 0.3 is 0 Å². The van der Waals surface area contributed by atoms with Crippen LogP contribution in [-0.2, 0) is 0 Å². The molecule has 8 heteroatoms. The Kier molecular flexibility index (Phi) is 3.26. The molecule has 0 aliphatic carbocycles. The van der Waals surface area contributed by atoms with Crippen molar-refractivity contribution in [3.8, 4) is 17.1 Å². The zero-order valence-electron chi connectivity index (χ0n) is 10.5. The lowest BCUT2D eigenvalue weighted by Gasteiger charge is -2.06. The predicted molar refractivity (Wildman–Crippen MR) is 73.9 cm³/mol. The Morgan fingerprint density at radius 3 is 2.43 bits per heavy atom. The maximum atomic E-state index is 13.3. The van der Waals surface area contributed by atoms with E-state index in [4.69, 9.17) is 17.3 Å². The van der Waals surface area contributed by atoms with Gasteiger partial charge in [0, 0.05) is 11.6 Å². The number of benzene rings is 2. The summed E-state index contributed by atoms with van der Waals surface area (Å²) in [5.74, 6) is -1.15. The number of tetrazole rings is 1. The lowest BCUT2D eigenvalue weighted by molar-refractivity contribution is 0.579. The van der Waals surface area contributed by atoms with E-state index in [9.17, 15) is 8.78 Å². The van der Waals surface area contributed by atoms with Crippen molar-refractivity contribution in [1.29, 1.82) is 0 Å². The first kappa shape index (κ1) is 13.4. The Labute approximate surface area is 123 Å². The average molecular weight is 308 g/mol. The van der Waals surface area contributed by atoms with E-state index in [0.717, 1.165) is 18.2 Å². The smallest absolute Gasteiger partial charge is 0.187 e. The number of aromatic nitrogens is 4. The number of nitrogens with zero attached hydrogens (tertiary/aromatic N) is 4. The van der Waals surface area contributed by atoms with Crippen LogP contribution in [0, 0.1) is 11.6 Å². The molecule has 1 aromatic heterocycles. The summed E-state index contributed by atoms with van der Waals surface area (Å²) in [6.45, 7) is 0. The van der Waals surface area contributed by atoms with Crippen LogP contribution in [0.1, 0.15) is 0 Å². The lowest BCUT2D eigenvalue weighted by Crippen LogP contribution is -2.01. The van der Waals surface area contributed by atoms with Gasteiger partial charge in [0.2, 0.25) is 0 Å². The van der Waals surface area contributed by atoms with E-state index in [2.05, 4.69) is 15.5 Å². The summed E-state index contributed by atoms with van der Waals surface area (Å²) < 4.78 is 27.8. The molecule has 0 bridgehead atoms. The molecule has 2 N–H and O–H groups in total. The predicted octanol–water partition coefficient (Wildman–Crippen LogP) is 2.84. The molecule has 0 unspecified atom stereocenters. The summed E-state index contributed by atoms with van der Waals surface area (Å²) in [5.41, 5.74) is 6.83. The molecule has 0 saturated carbocycles. The van der Waals surface area contributed by atoms with Crippen molar-refractivity contribution in [3.63, 3.8) is 0 Å². The van der Waals surface area contributed by atoms with Gasteiger partial charge in [0.05, 0.1) is 16.4 Å². The van der Waals surface area contributed by atoms with Gasteiger partial charge < -0.3 is 5.73 Å². The van der Waals surface area contributed by atoms with Crippen molar-refractivity contribution in [2.45, 2.75) is 0 Å². The zero-order chi connectivity index (χ0) is 15.0. The molecular formula is C13H8ClF2N5. The first-order valence-electron chi connectivity index (χ1n) is 5.85. The van der Waals surface area contributed by atoms with E-state index < -0.39 is 11.6 Å². The van der Waals surface area contributed by atoms with E-state index in [1.165, 1.54) is 4.68 Å². The summed E-state index contributed by atoms with van der Waals surface area (Å²) >= 11 is 5.86. The molecule has 3 aromatic rings. The second-order valence-electron chi connectivity index (χ2n) is 4.28. The fourth-order valence-electron chi connectivity index (χ4n) is 1.89. The molecule has 5 nitrogen and oxygen atoms in total. The number of nitrogen functional groups attached to an aromatic ring is 1. The zero-order valence-corrected chi connectivity index (χ0v) is 11.2. The molecule has 0 radical (unpaired) electrons. The van der Waals surface area contributed by atoms with E-state index in [1.54, 1.807) is 18.2 Å². The van der Waals surface area contributed by atoms with Gasteiger partial charge in [-0.05, 0) is 40.8 Å². The number of rotatable bonds is 2. The van der Waals surface area contributed by atoms with Crippen molar-refractivity contribution in [2.24, 2.45) is 0 Å². The van der Waals surface area contributed by atoms with Gasteiger partial charge in [0.1, 0.15) is 11.6 Å². The molecular weight excluding hydrogens is 300 g/mol. The first-order valence-corrected chi connectivity index (χ1v) is 6.22. The molecule has 106 valence electrons. The second kappa shape index (κ2) is 5.10. The highest BCUT2D eigenvalue weighted by Crippen LogP contribution is 2.26. The van der Waals surface area contributed by atoms with Crippen LogP contribution >= 0.6 is 11.6 Å². The van der Waals surface area contributed by atoms with Crippen molar-refractivity contribution in [2.75, 3.05) is 5.73 Å². The topological polar surface area (TPSA) is 69.6 Å². The van der Waals surface area contributed by atoms with Gasteiger partial charge in [-0.15, -0.1) is 5.10 Å². The molecule has 0 fully saturated rings. The molecule has 0 saturated heterocycles. The molecule has 0 amide bonds. The third-order valence-electron chi connectivity index (χ3n) is 2.82. The minimum absolute atomic E-state index is 0.168. The Hall–Kier alpha value is -2.54. The summed E-state index contributed by atoms with van der Waals surface area (Å²) in [6, 6.07) is 7.87. The van der Waals surface area contributed by atoms with Gasteiger partial charge in [-0.3, -0.25) is 0 Å². The highest BCUT2D eigenvalue weighted by molar-refractivity contribution is 6.33. The summed E-state index contributed by atoms with van der Waals surface area (Å²) in [6.07, 6.45) is 0. The number of nitrogens with two attached hydrogens (primary N) is 1. The van der Waals surface area contributed by atoms with Crippen molar-refractivity contribution >= 4 is 17.3 Å². The van der Waals surface area contributed by atoms with Crippen LogP contribution < -0.4 is 5.73 Å². The van der Waals surface area contributed by atoms with Crippen LogP contribution in [-0.4, -0.2) is 20.2 Å². The van der Waals surface area contributed by atoms with E-state index in [1.807, 2.05) is 0 Å². The highest BCUT2D eigenvalue weighted by atomic mass is 35.5. The number of hydrogen-bond donors (Lipinski definition) is 1. The fraction of sp³-hybridized carbons (Fsp3) is 0. The van der Waals surface area contributed by atoms with E-state index in [0.29, 0.717) is 22.1 Å². The van der Waals surface area contributed by atoms with Crippen molar-refractivity contribution in [3.05, 3.63) is 53.1 Å². The third kappa shape index (κ3) is 2.55. The standard InChI is InChI=1S/C13H8ClF2N5/c14-11-2-1-7(3-12(11)17)13-18-19-20-21(13)10-5-8(15)4-9(16)6-10/h1-6H,17H2. The van der Waals surface area contributed by atoms with Crippen LogP contribution in [0.25, 0.3) is 17.1 Å². The second-order valence-corrected chi connectivity index (χ2v) is 4.69. The molecule has 21 heavy (non-hydrogen) atoms. The molecule has 0 aliphatic rings. The largest absolute Gasteiger partial charge is 0.398 e. The maximum Gasteiger partial charge on any atom is 0.187 e. The van der Waals surface area contributed by atoms with Crippen molar-refractivity contribution < 1.29 is 8.78 Å². The Balaban J connectivity index is 2.14. The lowest BCUT2D eigenvalue weighted by atomic mass is 10.2. The van der Waals surface area contributed by atoms with Crippen molar-refractivity contribution in [1.82, 2.24) is 20.2 Å². The molecule has 0 atom stereocenters. The highest BCUT2D eigenvalue weighted by Gasteiger charge is 2.13. The summed E-state index contributed by atoms with van der Waals surface area (Å²) in [4.78, 5) is 0. The fourth-order valence-corrected chi connectivity index (χ4v) is 2.00. The quantitative estimate of drug-likeness (QED) is 0.739. The van der Waals surface area contributed by atoms with Crippen LogP contribution in [0.4, 0.5) is 14.5 Å². The van der Waals surface area contributed by atoms with Crippen LogP contribution in [0.5, 0.6) is 0 Å². The molecule has 0 aliphatic heterocycles. The number of anilines is 1. The molecule has 1 heterocycles. The molecule has 0 spiro atoms. The Bertz CT molecular complexity index is 798. The first-order chi connectivity index (χ1) is 10.0. The SMILES string of the molecule is Nc1cc(-c2nnnn2-c2cc(F)cc(F)c2)ccc1Cl. The minimum Gasteiger partial charge on any atom is -0.398 e. The van der Waals surface area contributed by atoms with Gasteiger partial charge in [-0.25, -0.2) is 8.78 Å². The monoisotopic (exact) mass is 307 g/mol. The van der Waals surface area contributed by atoms with Gasteiger partial charge in [0.25, 0.3) is 0 Å². The number of halogens is 3. The van der Waals surface area contributed by atoms with E-state index in [-0.39, 0.29) is 5.69 Å². The third-order valence-corrected chi connectivity index (χ3v) is 3.16. The maximum absolute atomic E-state index is 13.3. The van der Waals surface area contributed by atoms with Gasteiger partial charge in [-0.2, -0.15) is 4.68 Å². The van der Waals surface area contributed by atoms with Crippen LogP contribution in [0.2, 0.25) is 5.02 Å². The van der Waals surface area contributed by atoms with Gasteiger partial charge in [0.15, 0.2) is 5.82 Å². The summed E-state index contributed by atoms with van der Waals surface area (Å²) in [5, 5.41) is 11.5. The van der Waals surface area contributed by atoms with Crippen LogP contribution in [0.15, 0.2) is 36.4 Å². The van der Waals surface area contributed by atoms with Crippen LogP contribution in [0.3, 0.4) is 0 Å². The number of hydrogen-bond acceptors (Lipinski definition) is 4. The summed E-state index contributed by atoms with van der Waals surface area (Å²) in [7, 11) is 0. The molecule has 3 rings (SSSR count). The van der Waals surface area contributed by atoms with Gasteiger partial charge in [-0.1, -0.05) is 11.6 Å². The average Bonchev–Trinajstić information content (AvgIpc) is 2.90. The van der Waals surface area contributed by atoms with E-state index >= 15 is 0 Å². The molecule has 2 aromatic carbocycles. The Morgan fingerprint density at radius 1 is 1.05 bits per heavy atom. The Morgan fingerprint density at radius 2 is 1.76 bits per heavy atom.